The molecule has 2 heterocycles. The minimum absolute atomic E-state index is 0.0143. The van der Waals surface area contributed by atoms with E-state index < -0.39 is 53.5 Å². The van der Waals surface area contributed by atoms with E-state index in [1.54, 1.807) is 41.5 Å². The lowest BCUT2D eigenvalue weighted by Crippen LogP contribution is -2.60. The summed E-state index contributed by atoms with van der Waals surface area (Å²) in [5.74, 6) is -1.04. The molecule has 0 radical (unpaired) electrons. The van der Waals surface area contributed by atoms with Gasteiger partial charge in [-0.2, -0.15) is 0 Å². The highest BCUT2D eigenvalue weighted by Gasteiger charge is 2.40. The average Bonchev–Trinajstić information content (AvgIpc) is 2.97. The standard InChI is InChI=1S/C19H26N2O6.C11H20N2O4/c1-19(2,3)27-18(24)21-11-10-20(12-15(21)16(22)25-4)17(23)26-13-14-8-6-5-7-9-14;1-11(2,3)17-10(15)13-6-5-12-7-8(13)9(14)16-4/h5-9,15H,10-13H2,1-4H3;8,12H,5-7H2,1-4H3. The highest BCUT2D eigenvalue weighted by atomic mass is 16.6. The number of ether oxygens (including phenoxy) is 5. The molecule has 1 N–H and O–H groups in total. The SMILES string of the molecule is COC(=O)C1CN(C(=O)OCc2ccccc2)CCN1C(=O)OC(C)(C)C.COC(=O)C1CNCCN1C(=O)OC(C)(C)C. The van der Waals surface area contributed by atoms with Crippen LogP contribution in [0.2, 0.25) is 0 Å². The highest BCUT2D eigenvalue weighted by Crippen LogP contribution is 2.18. The number of carbonyl (C=O) groups is 5. The zero-order valence-electron chi connectivity index (χ0n) is 26.9. The van der Waals surface area contributed by atoms with Crippen molar-refractivity contribution < 1.29 is 47.7 Å². The van der Waals surface area contributed by atoms with E-state index in [0.717, 1.165) is 5.56 Å². The third-order valence-corrected chi connectivity index (χ3v) is 6.29. The molecule has 3 amide bonds. The molecular formula is C30H46N4O10. The maximum absolute atomic E-state index is 12.4. The van der Waals surface area contributed by atoms with E-state index in [0.29, 0.717) is 19.6 Å². The van der Waals surface area contributed by atoms with Gasteiger partial charge in [-0.15, -0.1) is 0 Å². The van der Waals surface area contributed by atoms with E-state index in [1.165, 1.54) is 28.9 Å². The Bertz CT molecular complexity index is 1130. The fourth-order valence-corrected chi connectivity index (χ4v) is 4.23. The summed E-state index contributed by atoms with van der Waals surface area (Å²) in [4.78, 5) is 64.4. The molecule has 2 unspecified atom stereocenters. The van der Waals surface area contributed by atoms with Crippen LogP contribution in [0.1, 0.15) is 47.1 Å². The summed E-state index contributed by atoms with van der Waals surface area (Å²) in [6.07, 6.45) is -1.64. The van der Waals surface area contributed by atoms with E-state index in [-0.39, 0.29) is 26.2 Å². The van der Waals surface area contributed by atoms with Crippen LogP contribution in [0.5, 0.6) is 0 Å². The van der Waals surface area contributed by atoms with Crippen molar-refractivity contribution in [3.63, 3.8) is 0 Å². The van der Waals surface area contributed by atoms with Gasteiger partial charge < -0.3 is 33.9 Å². The molecule has 1 aromatic carbocycles. The third kappa shape index (κ3) is 11.5. The Morgan fingerprint density at radius 1 is 0.750 bits per heavy atom. The number of piperazine rings is 2. The van der Waals surface area contributed by atoms with E-state index in [4.69, 9.17) is 18.9 Å². The zero-order valence-corrected chi connectivity index (χ0v) is 26.9. The monoisotopic (exact) mass is 622 g/mol. The van der Waals surface area contributed by atoms with Crippen LogP contribution >= 0.6 is 0 Å². The van der Waals surface area contributed by atoms with Crippen molar-refractivity contribution >= 4 is 30.2 Å². The van der Waals surface area contributed by atoms with Crippen LogP contribution in [0.3, 0.4) is 0 Å². The molecule has 2 saturated heterocycles. The molecule has 2 atom stereocenters. The first-order valence-electron chi connectivity index (χ1n) is 14.4. The predicted molar refractivity (Wildman–Crippen MR) is 159 cm³/mol. The lowest BCUT2D eigenvalue weighted by atomic mass is 10.1. The van der Waals surface area contributed by atoms with Gasteiger partial charge in [0.1, 0.15) is 23.9 Å². The average molecular weight is 623 g/mol. The molecule has 0 aromatic heterocycles. The summed E-state index contributed by atoms with van der Waals surface area (Å²) in [6.45, 7) is 12.6. The van der Waals surface area contributed by atoms with Crippen LogP contribution in [0.25, 0.3) is 0 Å². The van der Waals surface area contributed by atoms with Gasteiger partial charge in [-0.1, -0.05) is 30.3 Å². The number of hydrogen-bond acceptors (Lipinski definition) is 11. The van der Waals surface area contributed by atoms with Crippen molar-refractivity contribution in [2.24, 2.45) is 0 Å². The Balaban J connectivity index is 0.000000342. The molecular weight excluding hydrogens is 576 g/mol. The largest absolute Gasteiger partial charge is 0.467 e. The molecule has 44 heavy (non-hydrogen) atoms. The molecule has 0 saturated carbocycles. The van der Waals surface area contributed by atoms with Gasteiger partial charge in [-0.25, -0.2) is 24.0 Å². The fourth-order valence-electron chi connectivity index (χ4n) is 4.23. The Morgan fingerprint density at radius 2 is 1.27 bits per heavy atom. The van der Waals surface area contributed by atoms with Crippen LogP contribution in [0.15, 0.2) is 30.3 Å². The normalized spacial score (nSPS) is 18.7. The number of nitrogens with one attached hydrogen (secondary N) is 1. The topological polar surface area (TPSA) is 153 Å². The van der Waals surface area contributed by atoms with Crippen molar-refractivity contribution in [1.82, 2.24) is 20.0 Å². The van der Waals surface area contributed by atoms with Crippen LogP contribution in [-0.4, -0.2) is 122 Å². The van der Waals surface area contributed by atoms with Crippen molar-refractivity contribution in [1.29, 1.82) is 0 Å². The molecule has 2 aliphatic heterocycles. The molecule has 246 valence electrons. The van der Waals surface area contributed by atoms with Crippen LogP contribution in [-0.2, 0) is 39.9 Å². The lowest BCUT2D eigenvalue weighted by Gasteiger charge is -2.39. The summed E-state index contributed by atoms with van der Waals surface area (Å²) in [5.41, 5.74) is -0.394. The van der Waals surface area contributed by atoms with Gasteiger partial charge in [0, 0.05) is 32.7 Å². The Hall–Kier alpha value is -4.07. The number of hydrogen-bond donors (Lipinski definition) is 1. The Morgan fingerprint density at radius 3 is 1.80 bits per heavy atom. The van der Waals surface area contributed by atoms with Crippen molar-refractivity contribution in [3.8, 4) is 0 Å². The van der Waals surface area contributed by atoms with E-state index in [1.807, 2.05) is 30.3 Å². The van der Waals surface area contributed by atoms with Gasteiger partial charge in [-0.3, -0.25) is 9.80 Å². The molecule has 0 spiro atoms. The maximum Gasteiger partial charge on any atom is 0.411 e. The molecule has 14 nitrogen and oxygen atoms in total. The first-order chi connectivity index (χ1) is 20.6. The molecule has 0 aliphatic carbocycles. The number of benzene rings is 1. The molecule has 2 fully saturated rings. The molecule has 0 bridgehead atoms. The summed E-state index contributed by atoms with van der Waals surface area (Å²) in [7, 11) is 2.55. The summed E-state index contributed by atoms with van der Waals surface area (Å²) >= 11 is 0. The van der Waals surface area contributed by atoms with Crippen molar-refractivity contribution in [3.05, 3.63) is 35.9 Å². The second kappa shape index (κ2) is 16.1. The van der Waals surface area contributed by atoms with Gasteiger partial charge >= 0.3 is 30.2 Å². The van der Waals surface area contributed by atoms with Gasteiger partial charge in [0.2, 0.25) is 0 Å². The zero-order chi connectivity index (χ0) is 33.1. The quantitative estimate of drug-likeness (QED) is 0.390. The van der Waals surface area contributed by atoms with E-state index in [9.17, 15) is 24.0 Å². The van der Waals surface area contributed by atoms with Gasteiger partial charge in [0.05, 0.1) is 20.8 Å². The summed E-state index contributed by atoms with van der Waals surface area (Å²) < 4.78 is 25.4. The number of nitrogens with zero attached hydrogens (tertiary/aromatic N) is 3. The molecule has 2 aliphatic rings. The number of methoxy groups -OCH3 is 2. The summed E-state index contributed by atoms with van der Waals surface area (Å²) in [5, 5.41) is 3.05. The Kier molecular flexibility index (Phi) is 13.2. The van der Waals surface area contributed by atoms with Crippen LogP contribution < -0.4 is 5.32 Å². The second-order valence-corrected chi connectivity index (χ2v) is 12.1. The third-order valence-electron chi connectivity index (χ3n) is 6.29. The number of rotatable bonds is 4. The maximum atomic E-state index is 12.4. The van der Waals surface area contributed by atoms with Crippen molar-refractivity contribution in [2.75, 3.05) is 53.5 Å². The van der Waals surface area contributed by atoms with Crippen molar-refractivity contribution in [2.45, 2.75) is 71.4 Å². The number of amides is 3. The van der Waals surface area contributed by atoms with Gasteiger partial charge in [0.15, 0.2) is 6.04 Å². The van der Waals surface area contributed by atoms with Gasteiger partial charge in [0.25, 0.3) is 0 Å². The van der Waals surface area contributed by atoms with E-state index in [2.05, 4.69) is 10.1 Å². The van der Waals surface area contributed by atoms with Crippen LogP contribution in [0.4, 0.5) is 14.4 Å². The molecule has 1 aromatic rings. The van der Waals surface area contributed by atoms with Crippen LogP contribution in [0, 0.1) is 0 Å². The molecule has 14 heteroatoms. The summed E-state index contributed by atoms with van der Waals surface area (Å²) in [6, 6.07) is 7.75. The highest BCUT2D eigenvalue weighted by molar-refractivity contribution is 5.83. The fraction of sp³-hybridized carbons (Fsp3) is 0.633. The smallest absolute Gasteiger partial charge is 0.411 e. The second-order valence-electron chi connectivity index (χ2n) is 12.1. The number of esters is 2. The lowest BCUT2D eigenvalue weighted by molar-refractivity contribution is -0.149. The molecule has 3 rings (SSSR count). The van der Waals surface area contributed by atoms with Gasteiger partial charge in [-0.05, 0) is 47.1 Å². The first-order valence-corrected chi connectivity index (χ1v) is 14.4. The number of carbonyl (C=O) groups excluding carboxylic acids is 5. The predicted octanol–water partition coefficient (Wildman–Crippen LogP) is 2.79. The van der Waals surface area contributed by atoms with E-state index >= 15 is 0 Å². The Labute approximate surface area is 258 Å². The first kappa shape index (κ1) is 36.1. The minimum atomic E-state index is -0.942. The minimum Gasteiger partial charge on any atom is -0.467 e.